The van der Waals surface area contributed by atoms with Crippen molar-refractivity contribution >= 4 is 34.8 Å². The largest absolute Gasteiger partial charge is 0.321 e. The van der Waals surface area contributed by atoms with E-state index in [4.69, 9.17) is 28.5 Å². The van der Waals surface area contributed by atoms with Gasteiger partial charge in [-0.1, -0.05) is 23.2 Å². The molecule has 2 rings (SSSR count). The van der Waals surface area contributed by atoms with Gasteiger partial charge < -0.3 is 5.32 Å². The first kappa shape index (κ1) is 13.3. The van der Waals surface area contributed by atoms with Crippen molar-refractivity contribution in [1.29, 1.82) is 5.26 Å². The highest BCUT2D eigenvalue weighted by molar-refractivity contribution is 6.31. The van der Waals surface area contributed by atoms with Crippen LogP contribution in [0.1, 0.15) is 16.1 Å². The minimum absolute atomic E-state index is 0.123. The molecule has 0 saturated heterocycles. The fourth-order valence-electron chi connectivity index (χ4n) is 1.31. The van der Waals surface area contributed by atoms with Crippen LogP contribution in [-0.2, 0) is 0 Å². The number of rotatable bonds is 2. The molecule has 0 aliphatic rings. The molecular formula is C12H6Cl2N4O. The summed E-state index contributed by atoms with van der Waals surface area (Å²) in [5.74, 6) is -0.449. The lowest BCUT2D eigenvalue weighted by Gasteiger charge is -2.05. The molecule has 94 valence electrons. The predicted octanol–water partition coefficient (Wildman–Crippen LogP) is 2.91. The number of anilines is 1. The number of halogens is 2. The van der Waals surface area contributed by atoms with Crippen LogP contribution >= 0.6 is 23.2 Å². The molecule has 0 unspecified atom stereocenters. The Labute approximate surface area is 118 Å². The van der Waals surface area contributed by atoms with Gasteiger partial charge in [-0.05, 0) is 18.2 Å². The molecule has 0 bridgehead atoms. The van der Waals surface area contributed by atoms with Crippen molar-refractivity contribution in [1.82, 2.24) is 9.97 Å². The molecule has 1 amide bonds. The average molecular weight is 293 g/mol. The Morgan fingerprint density at radius 2 is 2.05 bits per heavy atom. The van der Waals surface area contributed by atoms with Gasteiger partial charge >= 0.3 is 0 Å². The molecule has 0 atom stereocenters. The Morgan fingerprint density at radius 1 is 1.26 bits per heavy atom. The Balaban J connectivity index is 2.20. The smallest absolute Gasteiger partial charge is 0.275 e. The fourth-order valence-corrected chi connectivity index (χ4v) is 1.57. The van der Waals surface area contributed by atoms with Gasteiger partial charge in [0.25, 0.3) is 5.91 Å². The third-order valence-corrected chi connectivity index (χ3v) is 2.72. The molecule has 5 nitrogen and oxygen atoms in total. The van der Waals surface area contributed by atoms with Gasteiger partial charge in [-0.3, -0.25) is 4.79 Å². The van der Waals surface area contributed by atoms with Crippen LogP contribution in [0.4, 0.5) is 5.69 Å². The second-order valence-corrected chi connectivity index (χ2v) is 4.28. The summed E-state index contributed by atoms with van der Waals surface area (Å²) >= 11 is 11.4. The summed E-state index contributed by atoms with van der Waals surface area (Å²) in [6, 6.07) is 6.52. The first-order chi connectivity index (χ1) is 9.10. The molecule has 0 aliphatic heterocycles. The third-order valence-electron chi connectivity index (χ3n) is 2.20. The molecule has 1 heterocycles. The lowest BCUT2D eigenvalue weighted by Crippen LogP contribution is -2.14. The molecule has 0 saturated carbocycles. The van der Waals surface area contributed by atoms with Gasteiger partial charge in [0, 0.05) is 5.69 Å². The number of nitriles is 1. The molecule has 1 aromatic carbocycles. The highest BCUT2D eigenvalue weighted by Crippen LogP contribution is 2.20. The maximum atomic E-state index is 11.8. The summed E-state index contributed by atoms with van der Waals surface area (Å²) in [5, 5.41) is 12.0. The Kier molecular flexibility index (Phi) is 3.95. The highest BCUT2D eigenvalue weighted by Gasteiger charge is 2.09. The summed E-state index contributed by atoms with van der Waals surface area (Å²) in [5.41, 5.74) is 0.849. The second kappa shape index (κ2) is 5.65. The molecule has 0 radical (unpaired) electrons. The van der Waals surface area contributed by atoms with Crippen molar-refractivity contribution in [3.8, 4) is 6.07 Å². The van der Waals surface area contributed by atoms with E-state index in [0.717, 1.165) is 0 Å². The SMILES string of the molecule is N#Cc1cc(NC(=O)c2cnc(Cl)cn2)ccc1Cl. The predicted molar refractivity (Wildman–Crippen MR) is 71.2 cm³/mol. The molecule has 7 heteroatoms. The Morgan fingerprint density at radius 3 is 2.68 bits per heavy atom. The maximum Gasteiger partial charge on any atom is 0.275 e. The van der Waals surface area contributed by atoms with Crippen LogP contribution in [-0.4, -0.2) is 15.9 Å². The van der Waals surface area contributed by atoms with E-state index < -0.39 is 5.91 Å². The number of benzene rings is 1. The number of amides is 1. The van der Waals surface area contributed by atoms with Crippen LogP contribution in [0.5, 0.6) is 0 Å². The molecule has 0 fully saturated rings. The zero-order valence-electron chi connectivity index (χ0n) is 9.39. The van der Waals surface area contributed by atoms with Crippen LogP contribution in [0.25, 0.3) is 0 Å². The fraction of sp³-hybridized carbons (Fsp3) is 0. The van der Waals surface area contributed by atoms with E-state index in [-0.39, 0.29) is 16.4 Å². The third kappa shape index (κ3) is 3.19. The van der Waals surface area contributed by atoms with E-state index in [1.165, 1.54) is 24.5 Å². The van der Waals surface area contributed by atoms with E-state index in [1.54, 1.807) is 6.07 Å². The van der Waals surface area contributed by atoms with Gasteiger partial charge in [0.1, 0.15) is 16.9 Å². The van der Waals surface area contributed by atoms with Crippen LogP contribution in [0.2, 0.25) is 10.2 Å². The summed E-state index contributed by atoms with van der Waals surface area (Å²) in [6.45, 7) is 0. The van der Waals surface area contributed by atoms with E-state index >= 15 is 0 Å². The zero-order chi connectivity index (χ0) is 13.8. The maximum absolute atomic E-state index is 11.8. The average Bonchev–Trinajstić information content (AvgIpc) is 2.41. The molecular weight excluding hydrogens is 287 g/mol. The zero-order valence-corrected chi connectivity index (χ0v) is 10.9. The summed E-state index contributed by atoms with van der Waals surface area (Å²) in [4.78, 5) is 19.4. The number of hydrogen-bond acceptors (Lipinski definition) is 4. The summed E-state index contributed by atoms with van der Waals surface area (Å²) < 4.78 is 0. The topological polar surface area (TPSA) is 78.7 Å². The standard InChI is InChI=1S/C12H6Cl2N4O/c13-9-2-1-8(3-7(9)4-15)18-12(19)10-5-17-11(14)6-16-10/h1-3,5-6H,(H,18,19). The van der Waals surface area contributed by atoms with Gasteiger partial charge in [-0.15, -0.1) is 0 Å². The van der Waals surface area contributed by atoms with Crippen molar-refractivity contribution in [3.05, 3.63) is 52.0 Å². The monoisotopic (exact) mass is 292 g/mol. The first-order valence-electron chi connectivity index (χ1n) is 5.08. The van der Waals surface area contributed by atoms with Crippen molar-refractivity contribution in [3.63, 3.8) is 0 Å². The number of nitrogens with zero attached hydrogens (tertiary/aromatic N) is 3. The molecule has 1 N–H and O–H groups in total. The quantitative estimate of drug-likeness (QED) is 0.923. The van der Waals surface area contributed by atoms with Gasteiger partial charge in [0.15, 0.2) is 0 Å². The molecule has 1 aromatic heterocycles. The molecule has 2 aromatic rings. The van der Waals surface area contributed by atoms with Crippen molar-refractivity contribution in [2.24, 2.45) is 0 Å². The second-order valence-electron chi connectivity index (χ2n) is 3.48. The van der Waals surface area contributed by atoms with Crippen molar-refractivity contribution in [2.75, 3.05) is 5.32 Å². The lowest BCUT2D eigenvalue weighted by atomic mass is 10.2. The van der Waals surface area contributed by atoms with Crippen LogP contribution in [0.3, 0.4) is 0 Å². The van der Waals surface area contributed by atoms with Crippen LogP contribution < -0.4 is 5.32 Å². The van der Waals surface area contributed by atoms with Gasteiger partial charge in [0.2, 0.25) is 0 Å². The van der Waals surface area contributed by atoms with E-state index in [0.29, 0.717) is 10.7 Å². The lowest BCUT2D eigenvalue weighted by molar-refractivity contribution is 0.102. The van der Waals surface area contributed by atoms with Crippen molar-refractivity contribution < 1.29 is 4.79 Å². The number of carbonyl (C=O) groups excluding carboxylic acids is 1. The summed E-state index contributed by atoms with van der Waals surface area (Å²) in [7, 11) is 0. The number of aromatic nitrogens is 2. The molecule has 19 heavy (non-hydrogen) atoms. The molecule has 0 spiro atoms. The normalized spacial score (nSPS) is 9.74. The van der Waals surface area contributed by atoms with E-state index in [9.17, 15) is 4.79 Å². The van der Waals surface area contributed by atoms with Gasteiger partial charge in [-0.25, -0.2) is 9.97 Å². The van der Waals surface area contributed by atoms with Gasteiger partial charge in [-0.2, -0.15) is 5.26 Å². The minimum atomic E-state index is -0.449. The number of carbonyl (C=O) groups is 1. The van der Waals surface area contributed by atoms with Gasteiger partial charge in [0.05, 0.1) is 23.0 Å². The minimum Gasteiger partial charge on any atom is -0.321 e. The number of nitrogens with one attached hydrogen (secondary N) is 1. The van der Waals surface area contributed by atoms with E-state index in [2.05, 4.69) is 15.3 Å². The molecule has 0 aliphatic carbocycles. The Bertz CT molecular complexity index is 664. The highest BCUT2D eigenvalue weighted by atomic mass is 35.5. The number of hydrogen-bond donors (Lipinski definition) is 1. The van der Waals surface area contributed by atoms with Crippen molar-refractivity contribution in [2.45, 2.75) is 0 Å². The first-order valence-corrected chi connectivity index (χ1v) is 5.84. The Hall–Kier alpha value is -2.16. The van der Waals surface area contributed by atoms with Crippen LogP contribution in [0, 0.1) is 11.3 Å². The summed E-state index contributed by atoms with van der Waals surface area (Å²) in [6.07, 6.45) is 2.54. The van der Waals surface area contributed by atoms with E-state index in [1.807, 2.05) is 6.07 Å². The van der Waals surface area contributed by atoms with Crippen LogP contribution in [0.15, 0.2) is 30.6 Å².